The minimum absolute atomic E-state index is 0.274. The van der Waals surface area contributed by atoms with Crippen LogP contribution in [0, 0.1) is 19.7 Å². The molecule has 0 fully saturated rings. The molecule has 0 saturated carbocycles. The van der Waals surface area contributed by atoms with Crippen LogP contribution >= 0.6 is 0 Å². The Morgan fingerprint density at radius 1 is 1.09 bits per heavy atom. The lowest BCUT2D eigenvalue weighted by molar-refractivity contribution is 0.193. The highest BCUT2D eigenvalue weighted by atomic mass is 19.1. The van der Waals surface area contributed by atoms with Crippen molar-refractivity contribution in [1.29, 1.82) is 0 Å². The molecule has 0 saturated heterocycles. The van der Waals surface area contributed by atoms with Gasteiger partial charge in [0.15, 0.2) is 5.82 Å². The summed E-state index contributed by atoms with van der Waals surface area (Å²) in [6.45, 7) is 7.65. The molecule has 0 spiro atoms. The number of aromatic nitrogens is 4. The highest BCUT2D eigenvalue weighted by Gasteiger charge is 2.21. The Morgan fingerprint density at radius 2 is 1.88 bits per heavy atom. The maximum Gasteiger partial charge on any atom is 0.179 e. The predicted octanol–water partition coefficient (Wildman–Crippen LogP) is 4.76. The molecule has 34 heavy (non-hydrogen) atoms. The summed E-state index contributed by atoms with van der Waals surface area (Å²) in [6, 6.07) is 14.4. The summed E-state index contributed by atoms with van der Waals surface area (Å²) in [4.78, 5) is 1.91. The zero-order chi connectivity index (χ0) is 24.2. The highest BCUT2D eigenvalue weighted by molar-refractivity contribution is 5.92. The molecule has 4 aromatic rings. The summed E-state index contributed by atoms with van der Waals surface area (Å²) in [5, 5.41) is 17.9. The third kappa shape index (κ3) is 4.72. The molecule has 0 bridgehead atoms. The van der Waals surface area contributed by atoms with Crippen LogP contribution in [0.1, 0.15) is 36.4 Å². The Morgan fingerprint density at radius 3 is 2.62 bits per heavy atom. The largest absolute Gasteiger partial charge is 0.483 e. The second-order valence-corrected chi connectivity index (χ2v) is 8.50. The van der Waals surface area contributed by atoms with Crippen molar-refractivity contribution in [3.8, 4) is 11.4 Å². The van der Waals surface area contributed by atoms with Gasteiger partial charge in [-0.25, -0.2) is 9.07 Å². The first-order chi connectivity index (χ1) is 16.4. The molecule has 178 valence electrons. The monoisotopic (exact) mass is 462 g/mol. The molecule has 7 nitrogen and oxygen atoms in total. The third-order valence-corrected chi connectivity index (χ3v) is 5.82. The lowest BCUT2D eigenvalue weighted by Gasteiger charge is -2.22. The number of anilines is 1. The van der Waals surface area contributed by atoms with E-state index in [1.54, 1.807) is 6.07 Å². The number of nitrogens with one attached hydrogen (secondary N) is 1. The van der Waals surface area contributed by atoms with Crippen molar-refractivity contribution in [2.75, 3.05) is 32.1 Å². The third-order valence-electron chi connectivity index (χ3n) is 5.82. The highest BCUT2D eigenvalue weighted by Crippen LogP contribution is 2.34. The van der Waals surface area contributed by atoms with Crippen molar-refractivity contribution < 1.29 is 9.13 Å². The summed E-state index contributed by atoms with van der Waals surface area (Å²) in [7, 11) is 3.86. The number of hydrogen-bond donors (Lipinski definition) is 1. The Balaban J connectivity index is 1.78. The number of fused-ring (bicyclic) bond motifs is 1. The van der Waals surface area contributed by atoms with Gasteiger partial charge in [-0.2, -0.15) is 10.2 Å². The van der Waals surface area contributed by atoms with Crippen LogP contribution in [0.15, 0.2) is 48.5 Å². The second kappa shape index (κ2) is 10.2. The van der Waals surface area contributed by atoms with Crippen LogP contribution in [-0.2, 0) is 0 Å². The van der Waals surface area contributed by atoms with E-state index in [2.05, 4.69) is 22.4 Å². The van der Waals surface area contributed by atoms with Gasteiger partial charge in [-0.1, -0.05) is 31.2 Å². The van der Waals surface area contributed by atoms with Crippen molar-refractivity contribution in [3.05, 3.63) is 71.3 Å². The minimum Gasteiger partial charge on any atom is -0.483 e. The number of aryl methyl sites for hydroxylation is 2. The molecule has 0 amide bonds. The first kappa shape index (κ1) is 23.6. The van der Waals surface area contributed by atoms with Gasteiger partial charge in [0, 0.05) is 20.5 Å². The van der Waals surface area contributed by atoms with E-state index in [1.165, 1.54) is 12.1 Å². The van der Waals surface area contributed by atoms with Gasteiger partial charge in [-0.05, 0) is 56.8 Å². The van der Waals surface area contributed by atoms with Gasteiger partial charge in [0.25, 0.3) is 0 Å². The Bertz CT molecular complexity index is 1290. The minimum atomic E-state index is -0.316. The van der Waals surface area contributed by atoms with Crippen LogP contribution in [0.2, 0.25) is 0 Å². The molecule has 0 aliphatic heterocycles. The molecule has 0 radical (unpaired) electrons. The predicted molar refractivity (Wildman–Crippen MR) is 133 cm³/mol. The maximum atomic E-state index is 14.0. The summed E-state index contributed by atoms with van der Waals surface area (Å²) < 4.78 is 22.4. The van der Waals surface area contributed by atoms with Crippen LogP contribution in [0.25, 0.3) is 16.6 Å². The maximum absolute atomic E-state index is 14.0. The van der Waals surface area contributed by atoms with Crippen LogP contribution in [0.5, 0.6) is 5.75 Å². The summed E-state index contributed by atoms with van der Waals surface area (Å²) in [6.07, 6.45) is 0.382. The van der Waals surface area contributed by atoms with E-state index in [-0.39, 0.29) is 11.9 Å². The molecule has 1 unspecified atom stereocenters. The van der Waals surface area contributed by atoms with Gasteiger partial charge < -0.3 is 15.0 Å². The van der Waals surface area contributed by atoms with E-state index < -0.39 is 0 Å². The number of para-hydroxylation sites is 2. The number of nitrogens with zero attached hydrogens (tertiary/aromatic N) is 5. The van der Waals surface area contributed by atoms with Crippen molar-refractivity contribution in [3.63, 3.8) is 0 Å². The first-order valence-electron chi connectivity index (χ1n) is 11.5. The van der Waals surface area contributed by atoms with Crippen LogP contribution in [-0.4, -0.2) is 47.2 Å². The van der Waals surface area contributed by atoms with Gasteiger partial charge in [0.05, 0.1) is 16.8 Å². The molecule has 0 aliphatic carbocycles. The van der Waals surface area contributed by atoms with E-state index in [0.717, 1.165) is 46.6 Å². The van der Waals surface area contributed by atoms with Crippen molar-refractivity contribution in [1.82, 2.24) is 25.3 Å². The van der Waals surface area contributed by atoms with Gasteiger partial charge >= 0.3 is 0 Å². The normalized spacial score (nSPS) is 12.2. The number of rotatable bonds is 9. The molecule has 8 heteroatoms. The van der Waals surface area contributed by atoms with Crippen molar-refractivity contribution in [2.45, 2.75) is 33.3 Å². The zero-order valence-corrected chi connectivity index (χ0v) is 20.3. The standard InChI is InChI=1S/C26H31FN6O/c1-6-28-15-14-22(19-10-9-11-20(27)16-19)34-23-13-8-7-12-21(23)33-18(3)24-17(2)29-30-26(32(4)5)25(24)31-33/h7-13,16,22,28H,6,14-15H2,1-5H3. The Labute approximate surface area is 199 Å². The average molecular weight is 463 g/mol. The average Bonchev–Trinajstić information content (AvgIpc) is 3.16. The van der Waals surface area contributed by atoms with Crippen LogP contribution in [0.3, 0.4) is 0 Å². The number of halogens is 1. The molecule has 4 rings (SSSR count). The van der Waals surface area contributed by atoms with E-state index in [4.69, 9.17) is 9.84 Å². The van der Waals surface area contributed by atoms with Crippen molar-refractivity contribution >= 4 is 16.7 Å². The zero-order valence-electron chi connectivity index (χ0n) is 20.3. The molecule has 2 aromatic carbocycles. The smallest absolute Gasteiger partial charge is 0.179 e. The molecular weight excluding hydrogens is 431 g/mol. The van der Waals surface area contributed by atoms with E-state index in [1.807, 2.05) is 67.9 Å². The van der Waals surface area contributed by atoms with Crippen LogP contribution < -0.4 is 15.0 Å². The fourth-order valence-corrected chi connectivity index (χ4v) is 4.14. The number of benzene rings is 2. The topological polar surface area (TPSA) is 68.1 Å². The second-order valence-electron chi connectivity index (χ2n) is 8.50. The van der Waals surface area contributed by atoms with E-state index in [9.17, 15) is 4.39 Å². The van der Waals surface area contributed by atoms with Gasteiger partial charge in [-0.3, -0.25) is 0 Å². The lowest BCUT2D eigenvalue weighted by Crippen LogP contribution is -2.20. The summed E-state index contributed by atoms with van der Waals surface area (Å²) >= 11 is 0. The van der Waals surface area contributed by atoms with Gasteiger partial charge in [0.1, 0.15) is 28.9 Å². The first-order valence-corrected chi connectivity index (χ1v) is 11.5. The molecule has 2 heterocycles. The van der Waals surface area contributed by atoms with Crippen molar-refractivity contribution in [2.24, 2.45) is 0 Å². The van der Waals surface area contributed by atoms with Gasteiger partial charge in [0.2, 0.25) is 0 Å². The fourth-order valence-electron chi connectivity index (χ4n) is 4.14. The molecule has 2 aromatic heterocycles. The molecular formula is C26H31FN6O. The summed E-state index contributed by atoms with van der Waals surface area (Å²) in [5.41, 5.74) is 4.18. The SMILES string of the molecule is CCNCCC(Oc1ccccc1-n1nc2c(N(C)C)nnc(C)c2c1C)c1cccc(F)c1. The Hall–Kier alpha value is -3.52. The summed E-state index contributed by atoms with van der Waals surface area (Å²) in [5.74, 6) is 1.11. The lowest BCUT2D eigenvalue weighted by atomic mass is 10.1. The van der Waals surface area contributed by atoms with E-state index in [0.29, 0.717) is 18.0 Å². The fraction of sp³-hybridized carbons (Fsp3) is 0.346. The molecule has 1 atom stereocenters. The van der Waals surface area contributed by atoms with Gasteiger partial charge in [-0.15, -0.1) is 5.10 Å². The van der Waals surface area contributed by atoms with E-state index >= 15 is 0 Å². The molecule has 0 aliphatic rings. The molecule has 1 N–H and O–H groups in total. The van der Waals surface area contributed by atoms with Crippen LogP contribution in [0.4, 0.5) is 10.2 Å². The number of hydrogen-bond acceptors (Lipinski definition) is 6. The Kier molecular flexibility index (Phi) is 7.07. The quantitative estimate of drug-likeness (QED) is 0.362. The number of ether oxygens (including phenoxy) is 1.